The fourth-order valence-electron chi connectivity index (χ4n) is 10.4. The van der Waals surface area contributed by atoms with Crippen molar-refractivity contribution in [1.82, 2.24) is 0 Å². The molecule has 3 aliphatic rings. The van der Waals surface area contributed by atoms with Crippen LogP contribution in [-0.4, -0.2) is 123 Å². The highest BCUT2D eigenvalue weighted by atomic mass is 16.6. The predicted molar refractivity (Wildman–Crippen MR) is 316 cm³/mol. The third kappa shape index (κ3) is 11.5. The maximum atomic E-state index is 12.7. The second-order valence-electron chi connectivity index (χ2n) is 20.6. The molecule has 468 valence electrons. The molecule has 0 radical (unpaired) electrons. The van der Waals surface area contributed by atoms with Crippen LogP contribution in [0.25, 0.3) is 44.6 Å². The monoisotopic (exact) mass is 1250 g/mol. The van der Waals surface area contributed by atoms with E-state index in [1.165, 1.54) is 80.9 Å². The number of Topliss-reactive ketones (excluding diaryl/α,β-unsaturated/α-hetero) is 1. The molecular formula is C65H52O26. The maximum absolute atomic E-state index is 12.7. The number of ketones is 1. The number of fused-ring (bicyclic) bond motifs is 5. The fourth-order valence-corrected chi connectivity index (χ4v) is 10.4. The summed E-state index contributed by atoms with van der Waals surface area (Å²) in [5.41, 5.74) is 0.0908. The smallest absolute Gasteiger partial charge is 0.238 e. The van der Waals surface area contributed by atoms with E-state index >= 15 is 0 Å². The fraction of sp³-hybridized carbons (Fsp3) is 0.154. The number of rotatable bonds is 9. The molecule has 0 saturated heterocycles. The SMILES string of the molecule is COc1cc(C2Oc3cc(-c4oc5cc(O)cc(O)c5c(=O)c4O)ccc3OC2CO)ccc1O.COc1cc(C2Oc3cc(C4Oc5cc(O)cc(O)c5C(=O)C4O)ccc3OC2CO)ccc1O.O=c1c(O)c(-c2ccc(O)cc2)oc2cc(O)cc(O)c12. The van der Waals surface area contributed by atoms with Crippen molar-refractivity contribution >= 4 is 27.7 Å². The van der Waals surface area contributed by atoms with E-state index in [1.807, 2.05) is 0 Å². The second kappa shape index (κ2) is 24.4. The summed E-state index contributed by atoms with van der Waals surface area (Å²) < 4.78 is 51.2. The average molecular weight is 1250 g/mol. The number of aliphatic hydroxyl groups excluding tert-OH is 3. The Morgan fingerprint density at radius 3 is 1.33 bits per heavy atom. The van der Waals surface area contributed by atoms with E-state index in [0.29, 0.717) is 33.8 Å². The van der Waals surface area contributed by atoms with Gasteiger partial charge in [0.05, 0.1) is 27.4 Å². The predicted octanol–water partition coefficient (Wildman–Crippen LogP) is 7.81. The van der Waals surface area contributed by atoms with Crippen LogP contribution in [0.2, 0.25) is 0 Å². The number of hydrogen-bond donors (Lipinski definition) is 14. The van der Waals surface area contributed by atoms with E-state index < -0.39 is 82.0 Å². The lowest BCUT2D eigenvalue weighted by Crippen LogP contribution is -2.37. The highest BCUT2D eigenvalue weighted by molar-refractivity contribution is 6.05. The molecule has 0 aliphatic carbocycles. The number of phenols is 9. The summed E-state index contributed by atoms with van der Waals surface area (Å²) in [5, 5.41) is 138. The van der Waals surface area contributed by atoms with Crippen molar-refractivity contribution in [1.29, 1.82) is 0 Å². The van der Waals surface area contributed by atoms with Gasteiger partial charge in [0.1, 0.15) is 73.5 Å². The molecule has 0 saturated carbocycles. The summed E-state index contributed by atoms with van der Waals surface area (Å²) in [7, 11) is 2.82. The molecule has 6 atom stereocenters. The minimum atomic E-state index is -1.62. The van der Waals surface area contributed by atoms with Crippen LogP contribution in [-0.2, 0) is 0 Å². The van der Waals surface area contributed by atoms with Crippen LogP contribution in [0.3, 0.4) is 0 Å². The summed E-state index contributed by atoms with van der Waals surface area (Å²) in [6, 6.07) is 30.6. The lowest BCUT2D eigenvalue weighted by atomic mass is 9.92. The molecule has 5 heterocycles. The van der Waals surface area contributed by atoms with Gasteiger partial charge in [0.15, 0.2) is 94.1 Å². The zero-order valence-electron chi connectivity index (χ0n) is 47.2. The van der Waals surface area contributed by atoms with Gasteiger partial charge in [-0.1, -0.05) is 18.2 Å². The van der Waals surface area contributed by atoms with Gasteiger partial charge in [-0.25, -0.2) is 0 Å². The number of carbonyl (C=O) groups is 1. The maximum Gasteiger partial charge on any atom is 0.238 e. The van der Waals surface area contributed by atoms with Gasteiger partial charge in [0.25, 0.3) is 0 Å². The molecule has 26 heteroatoms. The molecule has 13 rings (SSSR count). The van der Waals surface area contributed by atoms with Crippen molar-refractivity contribution in [2.75, 3.05) is 27.4 Å². The number of aromatic hydroxyl groups is 11. The van der Waals surface area contributed by atoms with Crippen LogP contribution in [0.4, 0.5) is 0 Å². The van der Waals surface area contributed by atoms with Crippen LogP contribution in [0.15, 0.2) is 152 Å². The lowest BCUT2D eigenvalue weighted by molar-refractivity contribution is -0.0130. The topological polar surface area (TPSA) is 425 Å². The summed E-state index contributed by atoms with van der Waals surface area (Å²) in [5.74, 6) is -3.39. The Morgan fingerprint density at radius 2 is 0.824 bits per heavy atom. The molecule has 8 aromatic carbocycles. The minimum Gasteiger partial charge on any atom is -0.508 e. The highest BCUT2D eigenvalue weighted by Crippen LogP contribution is 2.48. The third-order valence-corrected chi connectivity index (χ3v) is 14.8. The van der Waals surface area contributed by atoms with Crippen molar-refractivity contribution in [2.24, 2.45) is 0 Å². The van der Waals surface area contributed by atoms with Crippen molar-refractivity contribution in [3.63, 3.8) is 0 Å². The largest absolute Gasteiger partial charge is 0.508 e. The lowest BCUT2D eigenvalue weighted by Gasteiger charge is -2.35. The highest BCUT2D eigenvalue weighted by Gasteiger charge is 2.41. The Balaban J connectivity index is 0.000000145. The molecule has 3 aliphatic heterocycles. The Hall–Kier alpha value is -11.9. The molecule has 14 N–H and O–H groups in total. The molecule has 0 fully saturated rings. The molecular weight excluding hydrogens is 1200 g/mol. The van der Waals surface area contributed by atoms with Gasteiger partial charge in [-0.2, -0.15) is 0 Å². The number of carbonyl (C=O) groups excluding carboxylic acids is 1. The van der Waals surface area contributed by atoms with E-state index in [2.05, 4.69) is 0 Å². The Morgan fingerprint density at radius 1 is 0.396 bits per heavy atom. The van der Waals surface area contributed by atoms with E-state index in [-0.39, 0.29) is 121 Å². The zero-order valence-corrected chi connectivity index (χ0v) is 47.2. The first-order chi connectivity index (χ1) is 43.6. The number of hydrogen-bond acceptors (Lipinski definition) is 26. The van der Waals surface area contributed by atoms with Crippen LogP contribution in [0.5, 0.6) is 103 Å². The zero-order chi connectivity index (χ0) is 64.9. The van der Waals surface area contributed by atoms with Crippen LogP contribution in [0, 0.1) is 0 Å². The number of benzene rings is 8. The summed E-state index contributed by atoms with van der Waals surface area (Å²) >= 11 is 0. The molecule has 10 aromatic rings. The van der Waals surface area contributed by atoms with E-state index in [1.54, 1.807) is 42.5 Å². The van der Waals surface area contributed by atoms with E-state index in [4.69, 9.17) is 42.0 Å². The third-order valence-electron chi connectivity index (χ3n) is 14.8. The Labute approximate surface area is 510 Å². The summed E-state index contributed by atoms with van der Waals surface area (Å²) in [4.78, 5) is 37.5. The van der Waals surface area contributed by atoms with Gasteiger partial charge >= 0.3 is 0 Å². The Kier molecular flexibility index (Phi) is 16.3. The molecule has 2 aromatic heterocycles. The van der Waals surface area contributed by atoms with Gasteiger partial charge in [-0.3, -0.25) is 14.4 Å². The quantitative estimate of drug-likeness (QED) is 0.0655. The minimum absolute atomic E-state index is 0.0247. The number of aliphatic hydroxyl groups is 3. The number of ether oxygens (including phenoxy) is 7. The van der Waals surface area contributed by atoms with Gasteiger partial charge in [-0.05, 0) is 84.4 Å². The van der Waals surface area contributed by atoms with Crippen molar-refractivity contribution in [3.8, 4) is 126 Å². The van der Waals surface area contributed by atoms with Gasteiger partial charge in [-0.15, -0.1) is 0 Å². The first-order valence-electron chi connectivity index (χ1n) is 27.2. The molecule has 26 nitrogen and oxygen atoms in total. The summed E-state index contributed by atoms with van der Waals surface area (Å²) in [6.45, 7) is -0.708. The van der Waals surface area contributed by atoms with Gasteiger partial charge < -0.3 is 113 Å². The molecule has 6 unspecified atom stereocenters. The van der Waals surface area contributed by atoms with E-state index in [0.717, 1.165) is 24.3 Å². The molecule has 91 heavy (non-hydrogen) atoms. The standard InChI is InChI=1S/C25H22O10.C25H20O10.C15H10O6/c2*1-32-17-6-11(2-4-14(17)28)24-20(10-26)33-16-5-3-12(7-18(16)34-24)25-23(31)22(30)21-15(29)8-13(27)9-19(21)35-25;16-8-3-1-7(2-4-8)15-14(20)13(19)12-10(18)5-9(17)6-11(12)21-15/h2-9,20,23-29,31H,10H2,1H3;2-9,20,24,26-29,31H,10H2,1H3;1-6,16-18,20H. The van der Waals surface area contributed by atoms with Crippen LogP contribution >= 0.6 is 0 Å². The van der Waals surface area contributed by atoms with Crippen LogP contribution in [0.1, 0.15) is 45.4 Å². The van der Waals surface area contributed by atoms with Crippen molar-refractivity contribution in [3.05, 3.63) is 176 Å². The van der Waals surface area contributed by atoms with Crippen molar-refractivity contribution in [2.45, 2.75) is 36.6 Å². The first-order valence-corrected chi connectivity index (χ1v) is 27.2. The van der Waals surface area contributed by atoms with Gasteiger partial charge in [0, 0.05) is 58.7 Å². The normalized spacial score (nSPS) is 17.7. The molecule has 0 spiro atoms. The molecule has 0 bridgehead atoms. The van der Waals surface area contributed by atoms with E-state index in [9.17, 15) is 85.9 Å². The number of methoxy groups -OCH3 is 2. The van der Waals surface area contributed by atoms with Crippen LogP contribution < -0.4 is 44.0 Å². The summed E-state index contributed by atoms with van der Waals surface area (Å²) in [6.07, 6.45) is -5.82. The Bertz CT molecular complexity index is 4610. The van der Waals surface area contributed by atoms with Crippen molar-refractivity contribution < 1.29 is 118 Å². The average Bonchev–Trinajstić information content (AvgIpc) is 2.70. The molecule has 0 amide bonds. The second-order valence-corrected chi connectivity index (χ2v) is 20.6. The number of phenolic OH excluding ortho intramolecular Hbond substituents is 9. The first kappa shape index (κ1) is 60.8. The van der Waals surface area contributed by atoms with Gasteiger partial charge in [0.2, 0.25) is 28.1 Å².